The van der Waals surface area contributed by atoms with Gasteiger partial charge < -0.3 is 5.73 Å². The number of nitrogens with two attached hydrogens (primary N) is 1. The van der Waals surface area contributed by atoms with Crippen molar-refractivity contribution in [1.82, 2.24) is 4.90 Å². The van der Waals surface area contributed by atoms with Crippen LogP contribution in [0.2, 0.25) is 0 Å². The van der Waals surface area contributed by atoms with E-state index in [4.69, 9.17) is 5.73 Å². The normalized spacial score (nSPS) is 19.4. The molecule has 0 spiro atoms. The standard InChI is InChI=1S/C17H33N3/c1-2-3-4-5-6-7-8-9-10-11-12-17-19-14-16-20(17)15-13-18/h7-8,14,17H,2-6,9-13,15-16,18H2,1H3/b8-7+. The molecule has 3 heteroatoms. The van der Waals surface area contributed by atoms with Crippen molar-refractivity contribution < 1.29 is 0 Å². The van der Waals surface area contributed by atoms with Crippen LogP contribution in [0.15, 0.2) is 17.1 Å². The monoisotopic (exact) mass is 279 g/mol. The molecule has 1 aliphatic rings. The van der Waals surface area contributed by atoms with Crippen molar-refractivity contribution in [2.24, 2.45) is 10.7 Å². The molecule has 0 saturated heterocycles. The third-order valence-electron chi connectivity index (χ3n) is 3.91. The lowest BCUT2D eigenvalue weighted by atomic mass is 10.1. The Morgan fingerprint density at radius 3 is 2.60 bits per heavy atom. The Labute approximate surface area is 125 Å². The number of hydrogen-bond acceptors (Lipinski definition) is 3. The zero-order valence-corrected chi connectivity index (χ0v) is 13.3. The average Bonchev–Trinajstić information content (AvgIpc) is 2.89. The topological polar surface area (TPSA) is 41.6 Å². The largest absolute Gasteiger partial charge is 0.329 e. The summed E-state index contributed by atoms with van der Waals surface area (Å²) in [7, 11) is 0. The molecule has 0 radical (unpaired) electrons. The average molecular weight is 279 g/mol. The molecule has 0 aromatic rings. The van der Waals surface area contributed by atoms with Crippen LogP contribution >= 0.6 is 0 Å². The SMILES string of the molecule is CCCCCC/C=C/CCCCC1N=CCN1CCN. The van der Waals surface area contributed by atoms with Crippen LogP contribution in [0.4, 0.5) is 0 Å². The van der Waals surface area contributed by atoms with E-state index in [1.807, 2.05) is 6.21 Å². The molecule has 0 amide bonds. The molecule has 0 fully saturated rings. The van der Waals surface area contributed by atoms with E-state index in [-0.39, 0.29) is 0 Å². The molecule has 0 saturated carbocycles. The zero-order chi connectivity index (χ0) is 14.5. The van der Waals surface area contributed by atoms with Crippen molar-refractivity contribution in [3.05, 3.63) is 12.2 Å². The van der Waals surface area contributed by atoms with Crippen LogP contribution in [-0.2, 0) is 0 Å². The molecule has 116 valence electrons. The summed E-state index contributed by atoms with van der Waals surface area (Å²) in [5.41, 5.74) is 5.62. The van der Waals surface area contributed by atoms with Crippen LogP contribution < -0.4 is 5.73 Å². The minimum absolute atomic E-state index is 0.400. The van der Waals surface area contributed by atoms with Gasteiger partial charge in [-0.2, -0.15) is 0 Å². The Hall–Kier alpha value is -0.670. The summed E-state index contributed by atoms with van der Waals surface area (Å²) in [4.78, 5) is 6.92. The van der Waals surface area contributed by atoms with Crippen molar-refractivity contribution in [2.45, 2.75) is 70.9 Å². The fourth-order valence-electron chi connectivity index (χ4n) is 2.67. The Bertz CT molecular complexity index is 273. The van der Waals surface area contributed by atoms with Gasteiger partial charge >= 0.3 is 0 Å². The summed E-state index contributed by atoms with van der Waals surface area (Å²) < 4.78 is 0. The van der Waals surface area contributed by atoms with E-state index in [1.165, 1.54) is 57.8 Å². The van der Waals surface area contributed by atoms with Gasteiger partial charge in [0.2, 0.25) is 0 Å². The van der Waals surface area contributed by atoms with Gasteiger partial charge in [-0.05, 0) is 38.5 Å². The number of nitrogens with zero attached hydrogens (tertiary/aromatic N) is 2. The summed E-state index contributed by atoms with van der Waals surface area (Å²) in [6.45, 7) is 4.96. The van der Waals surface area contributed by atoms with Gasteiger partial charge in [0.05, 0.1) is 0 Å². The number of aliphatic imine (C=N–C) groups is 1. The smallest absolute Gasteiger partial charge is 0.102 e. The number of unbranched alkanes of at least 4 members (excludes halogenated alkanes) is 6. The molecule has 2 N–H and O–H groups in total. The maximum atomic E-state index is 5.62. The van der Waals surface area contributed by atoms with Gasteiger partial charge in [-0.15, -0.1) is 0 Å². The molecule has 0 aromatic carbocycles. The van der Waals surface area contributed by atoms with Gasteiger partial charge in [0.1, 0.15) is 6.17 Å². The van der Waals surface area contributed by atoms with Crippen LogP contribution in [-0.4, -0.2) is 36.9 Å². The van der Waals surface area contributed by atoms with E-state index in [1.54, 1.807) is 0 Å². The highest BCUT2D eigenvalue weighted by Crippen LogP contribution is 2.14. The van der Waals surface area contributed by atoms with Gasteiger partial charge in [-0.25, -0.2) is 0 Å². The second-order valence-electron chi connectivity index (χ2n) is 5.70. The van der Waals surface area contributed by atoms with E-state index in [0.717, 1.165) is 19.6 Å². The first-order valence-corrected chi connectivity index (χ1v) is 8.49. The van der Waals surface area contributed by atoms with Gasteiger partial charge in [0.25, 0.3) is 0 Å². The molecular weight excluding hydrogens is 246 g/mol. The Kier molecular flexibility index (Phi) is 10.5. The third kappa shape index (κ3) is 7.81. The fourth-order valence-corrected chi connectivity index (χ4v) is 2.67. The first kappa shape index (κ1) is 17.4. The molecule has 1 aliphatic heterocycles. The lowest BCUT2D eigenvalue weighted by Crippen LogP contribution is -2.34. The molecular formula is C17H33N3. The van der Waals surface area contributed by atoms with E-state index in [2.05, 4.69) is 29.0 Å². The minimum Gasteiger partial charge on any atom is -0.329 e. The van der Waals surface area contributed by atoms with Gasteiger partial charge in [0.15, 0.2) is 0 Å². The summed E-state index contributed by atoms with van der Waals surface area (Å²) in [6.07, 6.45) is 18.8. The second kappa shape index (κ2) is 12.1. The summed E-state index contributed by atoms with van der Waals surface area (Å²) in [5.74, 6) is 0. The van der Waals surface area contributed by atoms with E-state index in [0.29, 0.717) is 6.17 Å². The Balaban J connectivity index is 1.94. The van der Waals surface area contributed by atoms with E-state index < -0.39 is 0 Å². The van der Waals surface area contributed by atoms with Crippen LogP contribution in [0, 0.1) is 0 Å². The second-order valence-corrected chi connectivity index (χ2v) is 5.70. The van der Waals surface area contributed by atoms with E-state index in [9.17, 15) is 0 Å². The summed E-state index contributed by atoms with van der Waals surface area (Å²) >= 11 is 0. The lowest BCUT2D eigenvalue weighted by molar-refractivity contribution is 0.242. The van der Waals surface area contributed by atoms with Crippen molar-refractivity contribution in [1.29, 1.82) is 0 Å². The molecule has 0 aromatic heterocycles. The van der Waals surface area contributed by atoms with Gasteiger partial charge in [-0.1, -0.05) is 38.3 Å². The first-order valence-electron chi connectivity index (χ1n) is 8.49. The molecule has 1 rings (SSSR count). The maximum absolute atomic E-state index is 5.62. The maximum Gasteiger partial charge on any atom is 0.102 e. The number of allylic oxidation sites excluding steroid dienone is 2. The highest BCUT2D eigenvalue weighted by atomic mass is 15.3. The van der Waals surface area contributed by atoms with Crippen LogP contribution in [0.5, 0.6) is 0 Å². The highest BCUT2D eigenvalue weighted by Gasteiger charge is 2.18. The predicted octanol–water partition coefficient (Wildman–Crippen LogP) is 3.74. The van der Waals surface area contributed by atoms with Crippen molar-refractivity contribution in [3.63, 3.8) is 0 Å². The fraction of sp³-hybridized carbons (Fsp3) is 0.824. The molecule has 0 aliphatic carbocycles. The summed E-state index contributed by atoms with van der Waals surface area (Å²) in [6, 6.07) is 0. The van der Waals surface area contributed by atoms with Crippen molar-refractivity contribution in [3.8, 4) is 0 Å². The number of rotatable bonds is 12. The quantitative estimate of drug-likeness (QED) is 0.437. The predicted molar refractivity (Wildman–Crippen MR) is 89.3 cm³/mol. The Morgan fingerprint density at radius 2 is 1.90 bits per heavy atom. The molecule has 1 heterocycles. The summed E-state index contributed by atoms with van der Waals surface area (Å²) in [5, 5.41) is 0. The zero-order valence-electron chi connectivity index (χ0n) is 13.3. The lowest BCUT2D eigenvalue weighted by Gasteiger charge is -2.21. The molecule has 1 unspecified atom stereocenters. The third-order valence-corrected chi connectivity index (χ3v) is 3.91. The van der Waals surface area contributed by atoms with Crippen molar-refractivity contribution >= 4 is 6.21 Å². The molecule has 1 atom stereocenters. The van der Waals surface area contributed by atoms with Gasteiger partial charge in [0, 0.05) is 25.8 Å². The highest BCUT2D eigenvalue weighted by molar-refractivity contribution is 5.62. The molecule has 0 bridgehead atoms. The molecule has 3 nitrogen and oxygen atoms in total. The van der Waals surface area contributed by atoms with Crippen LogP contribution in [0.25, 0.3) is 0 Å². The van der Waals surface area contributed by atoms with Crippen molar-refractivity contribution in [2.75, 3.05) is 19.6 Å². The van der Waals surface area contributed by atoms with E-state index >= 15 is 0 Å². The van der Waals surface area contributed by atoms with Gasteiger partial charge in [-0.3, -0.25) is 9.89 Å². The number of hydrogen-bond donors (Lipinski definition) is 1. The van der Waals surface area contributed by atoms with Crippen LogP contribution in [0.1, 0.15) is 64.7 Å². The van der Waals surface area contributed by atoms with Crippen LogP contribution in [0.3, 0.4) is 0 Å². The first-order chi connectivity index (χ1) is 9.88. The minimum atomic E-state index is 0.400. The molecule has 20 heavy (non-hydrogen) atoms. The Morgan fingerprint density at radius 1 is 1.15 bits per heavy atom.